The molecule has 2 N–H and O–H groups in total. The van der Waals surface area contributed by atoms with Crippen molar-refractivity contribution < 1.29 is 14.4 Å². The number of β-amino-alcohol motifs (C(OH)–C–C–N with tert-alkyl or cyclic N) is 1. The summed E-state index contributed by atoms with van der Waals surface area (Å²) in [6, 6.07) is 3.39. The standard InChI is InChI=1S/C16H21N5O3/c1-2-4-12-9-13(20-24-12)14(22)19-10-16(23)5-8-21(11-16)15-17-6-3-7-18-15/h3,6-7,9,23H,2,4-5,8,10-11H2,1H3,(H,19,22)/t16-/m0/s1. The van der Waals surface area contributed by atoms with Gasteiger partial charge in [0.2, 0.25) is 5.95 Å². The molecular formula is C16H21N5O3. The number of hydrogen-bond acceptors (Lipinski definition) is 7. The Morgan fingerprint density at radius 1 is 1.46 bits per heavy atom. The van der Waals surface area contributed by atoms with E-state index >= 15 is 0 Å². The van der Waals surface area contributed by atoms with E-state index in [0.29, 0.717) is 31.2 Å². The van der Waals surface area contributed by atoms with Gasteiger partial charge in [-0.1, -0.05) is 12.1 Å². The highest BCUT2D eigenvalue weighted by Gasteiger charge is 2.37. The third kappa shape index (κ3) is 3.70. The summed E-state index contributed by atoms with van der Waals surface area (Å²) in [5.74, 6) is 0.930. The molecule has 1 atom stereocenters. The number of aryl methyl sites for hydroxylation is 1. The fourth-order valence-electron chi connectivity index (χ4n) is 2.75. The Hall–Kier alpha value is -2.48. The molecule has 0 radical (unpaired) electrons. The summed E-state index contributed by atoms with van der Waals surface area (Å²) >= 11 is 0. The van der Waals surface area contributed by atoms with Crippen LogP contribution in [0.3, 0.4) is 0 Å². The van der Waals surface area contributed by atoms with Crippen molar-refractivity contribution in [1.82, 2.24) is 20.4 Å². The first kappa shape index (κ1) is 16.4. The van der Waals surface area contributed by atoms with Crippen molar-refractivity contribution in [2.45, 2.75) is 31.8 Å². The number of carbonyl (C=O) groups is 1. The van der Waals surface area contributed by atoms with Crippen molar-refractivity contribution in [2.75, 3.05) is 24.5 Å². The van der Waals surface area contributed by atoms with Gasteiger partial charge in [0.25, 0.3) is 5.91 Å². The normalized spacial score (nSPS) is 20.3. The van der Waals surface area contributed by atoms with Gasteiger partial charge in [-0.15, -0.1) is 0 Å². The van der Waals surface area contributed by atoms with Gasteiger partial charge in [-0.25, -0.2) is 9.97 Å². The monoisotopic (exact) mass is 331 g/mol. The number of rotatable bonds is 6. The predicted molar refractivity (Wildman–Crippen MR) is 86.6 cm³/mol. The molecule has 1 aliphatic rings. The Bertz CT molecular complexity index is 690. The first-order chi connectivity index (χ1) is 11.6. The summed E-state index contributed by atoms with van der Waals surface area (Å²) < 4.78 is 5.10. The molecule has 2 aromatic rings. The zero-order valence-corrected chi connectivity index (χ0v) is 13.6. The van der Waals surface area contributed by atoms with Crippen LogP contribution in [-0.4, -0.2) is 51.4 Å². The van der Waals surface area contributed by atoms with Gasteiger partial charge >= 0.3 is 0 Å². The minimum absolute atomic E-state index is 0.144. The van der Waals surface area contributed by atoms with Crippen molar-refractivity contribution in [3.63, 3.8) is 0 Å². The lowest BCUT2D eigenvalue weighted by molar-refractivity contribution is 0.0572. The van der Waals surface area contributed by atoms with Crippen molar-refractivity contribution in [3.8, 4) is 0 Å². The lowest BCUT2D eigenvalue weighted by Gasteiger charge is -2.23. The summed E-state index contributed by atoms with van der Waals surface area (Å²) in [5.41, 5.74) is -0.770. The lowest BCUT2D eigenvalue weighted by atomic mass is 10.0. The first-order valence-electron chi connectivity index (χ1n) is 8.08. The van der Waals surface area contributed by atoms with E-state index in [9.17, 15) is 9.90 Å². The minimum atomic E-state index is -1.01. The van der Waals surface area contributed by atoms with Crippen LogP contribution in [0.1, 0.15) is 36.0 Å². The smallest absolute Gasteiger partial charge is 0.273 e. The van der Waals surface area contributed by atoms with Crippen LogP contribution in [0.15, 0.2) is 29.0 Å². The van der Waals surface area contributed by atoms with E-state index in [4.69, 9.17) is 4.52 Å². The number of aromatic nitrogens is 3. The molecule has 0 spiro atoms. The number of carbonyl (C=O) groups excluding carboxylic acids is 1. The molecule has 3 heterocycles. The Morgan fingerprint density at radius 3 is 3.00 bits per heavy atom. The van der Waals surface area contributed by atoms with Crippen molar-refractivity contribution >= 4 is 11.9 Å². The molecule has 0 aliphatic carbocycles. The highest BCUT2D eigenvalue weighted by Crippen LogP contribution is 2.23. The average molecular weight is 331 g/mol. The summed E-state index contributed by atoms with van der Waals surface area (Å²) in [5, 5.41) is 17.1. The molecule has 1 amide bonds. The second kappa shape index (κ2) is 6.96. The van der Waals surface area contributed by atoms with E-state index in [2.05, 4.69) is 20.4 Å². The quantitative estimate of drug-likeness (QED) is 0.806. The molecular weight excluding hydrogens is 310 g/mol. The van der Waals surface area contributed by atoms with Crippen LogP contribution >= 0.6 is 0 Å². The van der Waals surface area contributed by atoms with Crippen LogP contribution in [0.25, 0.3) is 0 Å². The number of amides is 1. The molecule has 24 heavy (non-hydrogen) atoms. The maximum Gasteiger partial charge on any atom is 0.273 e. The highest BCUT2D eigenvalue weighted by molar-refractivity contribution is 5.92. The van der Waals surface area contributed by atoms with E-state index in [1.54, 1.807) is 24.5 Å². The van der Waals surface area contributed by atoms with E-state index < -0.39 is 5.60 Å². The van der Waals surface area contributed by atoms with Gasteiger partial charge in [0.15, 0.2) is 5.69 Å². The van der Waals surface area contributed by atoms with Crippen LogP contribution < -0.4 is 10.2 Å². The van der Waals surface area contributed by atoms with Crippen molar-refractivity contribution in [1.29, 1.82) is 0 Å². The Morgan fingerprint density at radius 2 is 2.25 bits per heavy atom. The number of anilines is 1. The predicted octanol–water partition coefficient (Wildman–Crippen LogP) is 0.788. The van der Waals surface area contributed by atoms with Crippen LogP contribution in [-0.2, 0) is 6.42 Å². The topological polar surface area (TPSA) is 104 Å². The number of hydrogen-bond donors (Lipinski definition) is 2. The molecule has 1 aliphatic heterocycles. The lowest BCUT2D eigenvalue weighted by Crippen LogP contribution is -2.45. The summed E-state index contributed by atoms with van der Waals surface area (Å²) in [6.07, 6.45) is 5.54. The van der Waals surface area contributed by atoms with Crippen LogP contribution in [0.5, 0.6) is 0 Å². The number of nitrogens with one attached hydrogen (secondary N) is 1. The van der Waals surface area contributed by atoms with Gasteiger partial charge in [0.1, 0.15) is 11.4 Å². The van der Waals surface area contributed by atoms with Crippen LogP contribution in [0.2, 0.25) is 0 Å². The van der Waals surface area contributed by atoms with Gasteiger partial charge in [-0.05, 0) is 18.9 Å². The SMILES string of the molecule is CCCc1cc(C(=O)NC[C@@]2(O)CCN(c3ncccn3)C2)no1. The van der Waals surface area contributed by atoms with Gasteiger partial charge in [0.05, 0.1) is 6.54 Å². The van der Waals surface area contributed by atoms with E-state index in [0.717, 1.165) is 12.8 Å². The minimum Gasteiger partial charge on any atom is -0.386 e. The Kier molecular flexibility index (Phi) is 4.75. The third-order valence-corrected chi connectivity index (χ3v) is 4.03. The highest BCUT2D eigenvalue weighted by atomic mass is 16.5. The van der Waals surface area contributed by atoms with Crippen LogP contribution in [0.4, 0.5) is 5.95 Å². The molecule has 0 unspecified atom stereocenters. The first-order valence-corrected chi connectivity index (χ1v) is 8.08. The Balaban J connectivity index is 1.55. The molecule has 1 fully saturated rings. The average Bonchev–Trinajstić information content (AvgIpc) is 3.22. The molecule has 0 aromatic carbocycles. The van der Waals surface area contributed by atoms with Gasteiger partial charge in [-0.3, -0.25) is 4.79 Å². The number of nitrogens with zero attached hydrogens (tertiary/aromatic N) is 4. The zero-order valence-electron chi connectivity index (χ0n) is 13.6. The molecule has 1 saturated heterocycles. The van der Waals surface area contributed by atoms with Gasteiger partial charge in [-0.2, -0.15) is 0 Å². The zero-order chi connectivity index (χ0) is 17.0. The van der Waals surface area contributed by atoms with E-state index in [-0.39, 0.29) is 18.1 Å². The van der Waals surface area contributed by atoms with Crippen molar-refractivity contribution in [2.24, 2.45) is 0 Å². The molecule has 0 bridgehead atoms. The third-order valence-electron chi connectivity index (χ3n) is 4.03. The maximum atomic E-state index is 12.1. The molecule has 128 valence electrons. The van der Waals surface area contributed by atoms with Gasteiger partial charge < -0.3 is 19.8 Å². The van der Waals surface area contributed by atoms with Crippen molar-refractivity contribution in [3.05, 3.63) is 36.0 Å². The van der Waals surface area contributed by atoms with Crippen LogP contribution in [0, 0.1) is 0 Å². The number of aliphatic hydroxyl groups is 1. The molecule has 2 aromatic heterocycles. The largest absolute Gasteiger partial charge is 0.386 e. The summed E-state index contributed by atoms with van der Waals surface area (Å²) in [6.45, 7) is 3.18. The second-order valence-electron chi connectivity index (χ2n) is 6.06. The molecule has 0 saturated carbocycles. The fraction of sp³-hybridized carbons (Fsp3) is 0.500. The molecule has 8 nitrogen and oxygen atoms in total. The molecule has 8 heteroatoms. The second-order valence-corrected chi connectivity index (χ2v) is 6.06. The fourth-order valence-corrected chi connectivity index (χ4v) is 2.75. The Labute approximate surface area is 139 Å². The van der Waals surface area contributed by atoms with E-state index in [1.165, 1.54) is 0 Å². The summed E-state index contributed by atoms with van der Waals surface area (Å²) in [7, 11) is 0. The van der Waals surface area contributed by atoms with E-state index in [1.807, 2.05) is 11.8 Å². The maximum absolute atomic E-state index is 12.1. The molecule has 3 rings (SSSR count). The summed E-state index contributed by atoms with van der Waals surface area (Å²) in [4.78, 5) is 22.4. The van der Waals surface area contributed by atoms with Gasteiger partial charge in [0, 0.05) is 38.0 Å².